The Morgan fingerprint density at radius 3 is 2.49 bits per heavy atom. The van der Waals surface area contributed by atoms with Crippen molar-refractivity contribution in [3.05, 3.63) is 77.7 Å². The Balaban J connectivity index is 1.74. The number of carbonyl (C=O) groups excluding carboxylic acids is 2. The number of rotatable bonds is 10. The summed E-state index contributed by atoms with van der Waals surface area (Å²) in [5, 5.41) is 11.4. The molecule has 0 aliphatic rings. The summed E-state index contributed by atoms with van der Waals surface area (Å²) in [6.07, 6.45) is 0.722. The topological polar surface area (TPSA) is 102 Å². The summed E-state index contributed by atoms with van der Waals surface area (Å²) < 4.78 is 12.7. The number of benzene rings is 2. The van der Waals surface area contributed by atoms with Gasteiger partial charge in [-0.05, 0) is 69.2 Å². The first-order chi connectivity index (χ1) is 17.7. The minimum Gasteiger partial charge on any atom is -0.497 e. The lowest BCUT2D eigenvalue weighted by Gasteiger charge is -2.33. The van der Waals surface area contributed by atoms with Crippen LogP contribution in [0, 0.1) is 6.92 Å². The molecule has 1 unspecified atom stereocenters. The third kappa shape index (κ3) is 5.99. The largest absolute Gasteiger partial charge is 0.497 e. The molecule has 0 aliphatic heterocycles. The first kappa shape index (κ1) is 25.9. The molecule has 0 saturated heterocycles. The van der Waals surface area contributed by atoms with Crippen LogP contribution >= 0.6 is 0 Å². The third-order valence-corrected chi connectivity index (χ3v) is 6.47. The van der Waals surface area contributed by atoms with Gasteiger partial charge in [-0.1, -0.05) is 36.4 Å². The van der Waals surface area contributed by atoms with Gasteiger partial charge < -0.3 is 19.4 Å². The van der Waals surface area contributed by atoms with Gasteiger partial charge in [0.2, 0.25) is 5.91 Å². The Kier molecular flexibility index (Phi) is 7.61. The van der Waals surface area contributed by atoms with E-state index in [0.717, 1.165) is 17.5 Å². The number of aryl methyl sites for hydroxylation is 1. The van der Waals surface area contributed by atoms with Crippen LogP contribution in [0.5, 0.6) is 5.75 Å². The summed E-state index contributed by atoms with van der Waals surface area (Å²) in [6.45, 7) is 7.81. The fourth-order valence-electron chi connectivity index (χ4n) is 4.02. The Morgan fingerprint density at radius 1 is 1.11 bits per heavy atom. The zero-order chi connectivity index (χ0) is 26.6. The van der Waals surface area contributed by atoms with Crippen LogP contribution in [0.3, 0.4) is 0 Å². The molecule has 1 N–H and O–H groups in total. The van der Waals surface area contributed by atoms with Crippen LogP contribution in [0.1, 0.15) is 50.3 Å². The number of carbonyl (C=O) groups is 2. The average Bonchev–Trinajstić information content (AvgIpc) is 3.50. The van der Waals surface area contributed by atoms with Crippen molar-refractivity contribution in [2.24, 2.45) is 0 Å². The van der Waals surface area contributed by atoms with Crippen LogP contribution in [0.4, 0.5) is 0 Å². The molecule has 2 aromatic heterocycles. The fraction of sp³-hybridized carbons (Fsp3) is 0.357. The highest BCUT2D eigenvalue weighted by Crippen LogP contribution is 2.28. The van der Waals surface area contributed by atoms with E-state index in [0.29, 0.717) is 22.8 Å². The number of hydrogen-bond donors (Lipinski definition) is 1. The molecule has 194 valence electrons. The van der Waals surface area contributed by atoms with Gasteiger partial charge in [0.15, 0.2) is 6.04 Å². The Morgan fingerprint density at radius 2 is 1.84 bits per heavy atom. The number of furan rings is 1. The molecule has 2 heterocycles. The molecule has 0 spiro atoms. The number of nitrogens with zero attached hydrogens (tertiary/aromatic N) is 4. The maximum Gasteiger partial charge on any atom is 0.251 e. The van der Waals surface area contributed by atoms with Gasteiger partial charge in [-0.2, -0.15) is 0 Å². The summed E-state index contributed by atoms with van der Waals surface area (Å²) in [5.41, 5.74) is 1.81. The first-order valence-electron chi connectivity index (χ1n) is 12.3. The van der Waals surface area contributed by atoms with Gasteiger partial charge in [0, 0.05) is 12.1 Å². The van der Waals surface area contributed by atoms with Gasteiger partial charge in [-0.15, -0.1) is 5.10 Å². The molecule has 37 heavy (non-hydrogen) atoms. The highest BCUT2D eigenvalue weighted by Gasteiger charge is 2.36. The molecule has 0 aliphatic carbocycles. The quantitative estimate of drug-likeness (QED) is 0.344. The van der Waals surface area contributed by atoms with Crippen LogP contribution in [0.2, 0.25) is 0 Å². The van der Waals surface area contributed by atoms with Crippen molar-refractivity contribution >= 4 is 22.8 Å². The van der Waals surface area contributed by atoms with Crippen LogP contribution < -0.4 is 10.1 Å². The molecule has 2 aromatic carbocycles. The summed E-state index contributed by atoms with van der Waals surface area (Å²) in [4.78, 5) is 29.2. The summed E-state index contributed by atoms with van der Waals surface area (Å²) in [7, 11) is 1.60. The Bertz CT molecular complexity index is 1370. The summed E-state index contributed by atoms with van der Waals surface area (Å²) in [6, 6.07) is 17.4. The Labute approximate surface area is 216 Å². The third-order valence-electron chi connectivity index (χ3n) is 6.47. The summed E-state index contributed by atoms with van der Waals surface area (Å²) in [5.74, 6) is 1.15. The van der Waals surface area contributed by atoms with Gasteiger partial charge in [-0.3, -0.25) is 9.59 Å². The molecule has 1 atom stereocenters. The van der Waals surface area contributed by atoms with Gasteiger partial charge >= 0.3 is 0 Å². The first-order valence-corrected chi connectivity index (χ1v) is 12.3. The second-order valence-electron chi connectivity index (χ2n) is 9.68. The zero-order valence-corrected chi connectivity index (χ0v) is 21.9. The summed E-state index contributed by atoms with van der Waals surface area (Å²) >= 11 is 0. The number of aromatic nitrogens is 3. The monoisotopic (exact) mass is 503 g/mol. The molecule has 0 saturated carbocycles. The van der Waals surface area contributed by atoms with E-state index in [9.17, 15) is 9.59 Å². The molecule has 0 fully saturated rings. The SMILES string of the molecule is CCC(C)(C)NC(=O)C(c1ccc(C)o1)N(Cc1ccc(OC)cc1)C(=O)Cn1nnc2ccccc21. The van der Waals surface area contributed by atoms with Crippen LogP contribution in [0.25, 0.3) is 11.0 Å². The molecule has 0 bridgehead atoms. The van der Waals surface area contributed by atoms with Crippen molar-refractivity contribution in [3.63, 3.8) is 0 Å². The van der Waals surface area contributed by atoms with E-state index in [2.05, 4.69) is 15.6 Å². The normalized spacial score (nSPS) is 12.4. The second-order valence-corrected chi connectivity index (χ2v) is 9.68. The van der Waals surface area contributed by atoms with E-state index in [-0.39, 0.29) is 24.9 Å². The number of ether oxygens (including phenoxy) is 1. The molecule has 0 radical (unpaired) electrons. The lowest BCUT2D eigenvalue weighted by atomic mass is 10.0. The number of nitrogens with one attached hydrogen (secondary N) is 1. The van der Waals surface area contributed by atoms with Crippen molar-refractivity contribution in [2.75, 3.05) is 7.11 Å². The molecule has 4 aromatic rings. The van der Waals surface area contributed by atoms with Crippen molar-refractivity contribution in [3.8, 4) is 5.75 Å². The number of hydrogen-bond acceptors (Lipinski definition) is 6. The van der Waals surface area contributed by atoms with Gasteiger partial charge in [0.25, 0.3) is 5.91 Å². The van der Waals surface area contributed by atoms with Crippen LogP contribution in [0.15, 0.2) is 65.1 Å². The van der Waals surface area contributed by atoms with Crippen molar-refractivity contribution in [1.82, 2.24) is 25.2 Å². The standard InChI is InChI=1S/C28H33N5O4/c1-6-28(3,4)29-27(35)26(24-16-11-19(2)37-24)32(17-20-12-14-21(36-5)15-13-20)25(34)18-33-23-10-8-7-9-22(23)30-31-33/h7-16,26H,6,17-18H2,1-5H3,(H,29,35). The highest BCUT2D eigenvalue weighted by molar-refractivity contribution is 5.89. The van der Waals surface area contributed by atoms with Gasteiger partial charge in [0.1, 0.15) is 29.3 Å². The smallest absolute Gasteiger partial charge is 0.251 e. The second kappa shape index (κ2) is 10.9. The number of amides is 2. The van der Waals surface area contributed by atoms with Gasteiger partial charge in [-0.25, -0.2) is 4.68 Å². The number of methoxy groups -OCH3 is 1. The lowest BCUT2D eigenvalue weighted by molar-refractivity contribution is -0.143. The fourth-order valence-corrected chi connectivity index (χ4v) is 4.02. The van der Waals surface area contributed by atoms with E-state index in [1.807, 2.05) is 76.2 Å². The lowest BCUT2D eigenvalue weighted by Crippen LogP contribution is -2.50. The predicted octanol–water partition coefficient (Wildman–Crippen LogP) is 4.42. The molecule has 9 nitrogen and oxygen atoms in total. The number of para-hydroxylation sites is 1. The van der Waals surface area contributed by atoms with E-state index in [1.54, 1.807) is 23.9 Å². The van der Waals surface area contributed by atoms with E-state index >= 15 is 0 Å². The molecular weight excluding hydrogens is 470 g/mol. The number of fused-ring (bicyclic) bond motifs is 1. The average molecular weight is 504 g/mol. The van der Waals surface area contributed by atoms with E-state index < -0.39 is 11.6 Å². The van der Waals surface area contributed by atoms with Crippen LogP contribution in [-0.2, 0) is 22.7 Å². The molecule has 2 amide bonds. The minimum absolute atomic E-state index is 0.0860. The minimum atomic E-state index is -0.982. The highest BCUT2D eigenvalue weighted by atomic mass is 16.5. The molecular formula is C28H33N5O4. The molecule has 9 heteroatoms. The maximum atomic E-state index is 13.9. The van der Waals surface area contributed by atoms with E-state index in [1.165, 1.54) is 4.90 Å². The van der Waals surface area contributed by atoms with Crippen LogP contribution in [-0.4, -0.2) is 44.4 Å². The Hall–Kier alpha value is -4.14. The van der Waals surface area contributed by atoms with E-state index in [4.69, 9.17) is 9.15 Å². The van der Waals surface area contributed by atoms with Gasteiger partial charge in [0.05, 0.1) is 12.6 Å². The van der Waals surface area contributed by atoms with Crippen molar-refractivity contribution in [1.29, 1.82) is 0 Å². The van der Waals surface area contributed by atoms with Crippen molar-refractivity contribution < 1.29 is 18.7 Å². The van der Waals surface area contributed by atoms with Crippen molar-refractivity contribution in [2.45, 2.75) is 58.8 Å². The molecule has 4 rings (SSSR count). The predicted molar refractivity (Wildman–Crippen MR) is 140 cm³/mol. The maximum absolute atomic E-state index is 13.9. The zero-order valence-electron chi connectivity index (χ0n) is 21.9.